The number of hydrogen-bond acceptors (Lipinski definition) is 3. The molecule has 0 saturated heterocycles. The zero-order valence-electron chi connectivity index (χ0n) is 7.66. The van der Waals surface area contributed by atoms with Crippen molar-refractivity contribution in [3.8, 4) is 11.4 Å². The van der Waals surface area contributed by atoms with E-state index in [-0.39, 0.29) is 5.69 Å². The molecule has 2 aromatic rings. The van der Waals surface area contributed by atoms with Gasteiger partial charge >= 0.3 is 5.69 Å². The van der Waals surface area contributed by atoms with Crippen molar-refractivity contribution in [3.05, 3.63) is 34.7 Å². The first-order chi connectivity index (χ1) is 6.79. The third-order valence-corrected chi connectivity index (χ3v) is 1.93. The van der Waals surface area contributed by atoms with Crippen LogP contribution < -0.4 is 11.0 Å². The minimum absolute atomic E-state index is 0.296. The van der Waals surface area contributed by atoms with Crippen molar-refractivity contribution in [3.63, 3.8) is 0 Å². The van der Waals surface area contributed by atoms with E-state index in [1.165, 1.54) is 0 Å². The summed E-state index contributed by atoms with van der Waals surface area (Å²) in [4.78, 5) is 13.4. The molecule has 0 atom stereocenters. The van der Waals surface area contributed by atoms with Gasteiger partial charge in [-0.05, 0) is 12.1 Å². The van der Waals surface area contributed by atoms with Crippen molar-refractivity contribution >= 4 is 5.69 Å². The molecule has 0 unspecified atom stereocenters. The summed E-state index contributed by atoms with van der Waals surface area (Å²) in [5.41, 5.74) is 1.55. The van der Waals surface area contributed by atoms with E-state index < -0.39 is 0 Å². The standard InChI is InChI=1S/C9H10N4O/c1-10-7-4-2-3-6(5-7)8-11-9(14)13-12-8/h2-5,10H,1H3,(H2,11,12,13,14). The number of hydrogen-bond donors (Lipinski definition) is 3. The lowest BCUT2D eigenvalue weighted by molar-refractivity contribution is 1.05. The molecule has 0 fully saturated rings. The largest absolute Gasteiger partial charge is 0.388 e. The van der Waals surface area contributed by atoms with E-state index in [0.29, 0.717) is 5.82 Å². The Bertz CT molecular complexity index is 485. The van der Waals surface area contributed by atoms with E-state index in [1.54, 1.807) is 0 Å². The Morgan fingerprint density at radius 2 is 2.29 bits per heavy atom. The highest BCUT2D eigenvalue weighted by molar-refractivity contribution is 5.61. The molecule has 1 aromatic carbocycles. The molecule has 5 nitrogen and oxygen atoms in total. The minimum Gasteiger partial charge on any atom is -0.388 e. The van der Waals surface area contributed by atoms with Gasteiger partial charge in [0.2, 0.25) is 0 Å². The Morgan fingerprint density at radius 1 is 1.43 bits per heavy atom. The normalized spacial score (nSPS) is 10.1. The lowest BCUT2D eigenvalue weighted by Crippen LogP contribution is -2.00. The molecular formula is C9H10N4O. The summed E-state index contributed by atoms with van der Waals surface area (Å²) in [6, 6.07) is 7.63. The third kappa shape index (κ3) is 1.52. The number of H-pyrrole nitrogens is 2. The average molecular weight is 190 g/mol. The monoisotopic (exact) mass is 190 g/mol. The van der Waals surface area contributed by atoms with E-state index in [4.69, 9.17) is 0 Å². The van der Waals surface area contributed by atoms with E-state index in [2.05, 4.69) is 20.5 Å². The van der Waals surface area contributed by atoms with Gasteiger partial charge in [-0.1, -0.05) is 12.1 Å². The highest BCUT2D eigenvalue weighted by Crippen LogP contribution is 2.17. The molecule has 2 rings (SSSR count). The molecule has 0 bridgehead atoms. The number of aromatic nitrogens is 3. The van der Waals surface area contributed by atoms with Crippen LogP contribution in [0.2, 0.25) is 0 Å². The van der Waals surface area contributed by atoms with Crippen LogP contribution in [0.1, 0.15) is 0 Å². The van der Waals surface area contributed by atoms with Crippen LogP contribution in [0.4, 0.5) is 5.69 Å². The van der Waals surface area contributed by atoms with Crippen molar-refractivity contribution in [1.29, 1.82) is 0 Å². The molecule has 0 saturated carbocycles. The van der Waals surface area contributed by atoms with Gasteiger partial charge < -0.3 is 5.32 Å². The SMILES string of the molecule is CNc1cccc(-c2n[nH]c(=O)[nH]2)c1. The maximum Gasteiger partial charge on any atom is 0.340 e. The quantitative estimate of drug-likeness (QED) is 0.656. The zero-order chi connectivity index (χ0) is 9.97. The minimum atomic E-state index is -0.296. The highest BCUT2D eigenvalue weighted by atomic mass is 16.1. The van der Waals surface area contributed by atoms with Crippen molar-refractivity contribution in [2.45, 2.75) is 0 Å². The molecule has 3 N–H and O–H groups in total. The predicted molar refractivity (Wildman–Crippen MR) is 54.2 cm³/mol. The van der Waals surface area contributed by atoms with Crippen LogP contribution in [0, 0.1) is 0 Å². The fourth-order valence-corrected chi connectivity index (χ4v) is 1.23. The number of nitrogens with one attached hydrogen (secondary N) is 3. The van der Waals surface area contributed by atoms with Crippen molar-refractivity contribution in [1.82, 2.24) is 15.2 Å². The van der Waals surface area contributed by atoms with Gasteiger partial charge in [-0.25, -0.2) is 9.89 Å². The van der Waals surface area contributed by atoms with E-state index in [0.717, 1.165) is 11.3 Å². The molecule has 1 heterocycles. The summed E-state index contributed by atoms with van der Waals surface area (Å²) < 4.78 is 0. The number of benzene rings is 1. The summed E-state index contributed by atoms with van der Waals surface area (Å²) in [5, 5.41) is 9.18. The molecule has 0 amide bonds. The first-order valence-electron chi connectivity index (χ1n) is 4.22. The number of aromatic amines is 2. The predicted octanol–water partition coefficient (Wildman–Crippen LogP) is 0.807. The molecule has 5 heteroatoms. The van der Waals surface area contributed by atoms with Gasteiger partial charge in [-0.2, -0.15) is 5.10 Å². The van der Waals surface area contributed by atoms with Crippen LogP contribution >= 0.6 is 0 Å². The molecule has 0 radical (unpaired) electrons. The molecule has 1 aromatic heterocycles. The molecular weight excluding hydrogens is 180 g/mol. The van der Waals surface area contributed by atoms with Crippen LogP contribution in [0.5, 0.6) is 0 Å². The van der Waals surface area contributed by atoms with Gasteiger partial charge in [0.05, 0.1) is 0 Å². The molecule has 0 aliphatic carbocycles. The maximum absolute atomic E-state index is 10.8. The molecule has 14 heavy (non-hydrogen) atoms. The van der Waals surface area contributed by atoms with Crippen molar-refractivity contribution in [2.75, 3.05) is 12.4 Å². The average Bonchev–Trinajstić information content (AvgIpc) is 2.65. The molecule has 0 aliphatic heterocycles. The molecule has 72 valence electrons. The van der Waals surface area contributed by atoms with Gasteiger partial charge in [0.1, 0.15) is 0 Å². The molecule has 0 spiro atoms. The lowest BCUT2D eigenvalue weighted by atomic mass is 10.2. The fourth-order valence-electron chi connectivity index (χ4n) is 1.23. The van der Waals surface area contributed by atoms with Crippen LogP contribution in [0.3, 0.4) is 0 Å². The third-order valence-electron chi connectivity index (χ3n) is 1.93. The van der Waals surface area contributed by atoms with E-state index in [1.807, 2.05) is 31.3 Å². The zero-order valence-corrected chi connectivity index (χ0v) is 7.66. The van der Waals surface area contributed by atoms with Crippen LogP contribution in [-0.4, -0.2) is 22.2 Å². The van der Waals surface area contributed by atoms with Crippen LogP contribution in [-0.2, 0) is 0 Å². The van der Waals surface area contributed by atoms with Crippen molar-refractivity contribution < 1.29 is 0 Å². The second-order valence-corrected chi connectivity index (χ2v) is 2.86. The summed E-state index contributed by atoms with van der Waals surface area (Å²) in [6.07, 6.45) is 0. The second kappa shape index (κ2) is 3.37. The number of rotatable bonds is 2. The van der Waals surface area contributed by atoms with Gasteiger partial charge in [0.25, 0.3) is 0 Å². The fraction of sp³-hybridized carbons (Fsp3) is 0.111. The Kier molecular flexibility index (Phi) is 2.06. The Balaban J connectivity index is 2.46. The first kappa shape index (κ1) is 8.55. The van der Waals surface area contributed by atoms with Crippen LogP contribution in [0.15, 0.2) is 29.1 Å². The highest BCUT2D eigenvalue weighted by Gasteiger charge is 2.01. The maximum atomic E-state index is 10.8. The van der Waals surface area contributed by atoms with Gasteiger partial charge in [0, 0.05) is 18.3 Å². The van der Waals surface area contributed by atoms with E-state index >= 15 is 0 Å². The van der Waals surface area contributed by atoms with Gasteiger partial charge in [-0.3, -0.25) is 4.98 Å². The first-order valence-corrected chi connectivity index (χ1v) is 4.22. The Morgan fingerprint density at radius 3 is 2.93 bits per heavy atom. The Hall–Kier alpha value is -2.04. The summed E-state index contributed by atoms with van der Waals surface area (Å²) in [5.74, 6) is 0.548. The van der Waals surface area contributed by atoms with E-state index in [9.17, 15) is 4.79 Å². The Labute approximate surface area is 80.2 Å². The lowest BCUT2D eigenvalue weighted by Gasteiger charge is -2.00. The number of anilines is 1. The number of nitrogens with zero attached hydrogens (tertiary/aromatic N) is 1. The van der Waals surface area contributed by atoms with Gasteiger partial charge in [-0.15, -0.1) is 0 Å². The second-order valence-electron chi connectivity index (χ2n) is 2.86. The smallest absolute Gasteiger partial charge is 0.340 e. The molecule has 0 aliphatic rings. The van der Waals surface area contributed by atoms with Crippen LogP contribution in [0.25, 0.3) is 11.4 Å². The summed E-state index contributed by atoms with van der Waals surface area (Å²) in [7, 11) is 1.84. The summed E-state index contributed by atoms with van der Waals surface area (Å²) in [6.45, 7) is 0. The topological polar surface area (TPSA) is 73.6 Å². The van der Waals surface area contributed by atoms with Gasteiger partial charge in [0.15, 0.2) is 5.82 Å². The summed E-state index contributed by atoms with van der Waals surface area (Å²) >= 11 is 0. The van der Waals surface area contributed by atoms with Crippen molar-refractivity contribution in [2.24, 2.45) is 0 Å².